The lowest BCUT2D eigenvalue weighted by molar-refractivity contribution is -0.233. The maximum atomic E-state index is 6.90. The number of nitrogens with one attached hydrogen (secondary N) is 2. The molecule has 15 rings (SSSR count). The Morgan fingerprint density at radius 3 is 1.09 bits per heavy atom. The number of hydrogen-bond donors (Lipinski definition) is 2. The standard InChI is InChI=1S/C56H54N8O10/c1-53(2)67-37-33(65-51-41(39(37)69-53)71-55(5,6)73-51)23-25-21-22-26(24-34-38-40(70-54(3,4)68-38)42-52(66-34)74-56(7,8)72-42)36-35(25)49-62-47-31-19-13-11-17-29(31)45(60-47)58-43-27-15-9-10-16-28(27)44(57-43)59-46-30-18-12-14-20-32(30)48(61-46)63-50(36)64-49/h9-22,33-34,37-42,51-52H,23-24H2,1-8H3,(H2,57,58,59,60,61,62,63,64)/t33-,34-,37+,38+,39+,40+,41-,42-,51-,52-/m1/s1. The highest BCUT2D eigenvalue weighted by Crippen LogP contribution is 2.48. The molecule has 0 unspecified atom stereocenters. The highest BCUT2D eigenvalue weighted by molar-refractivity contribution is 6.09. The van der Waals surface area contributed by atoms with Crippen LogP contribution in [0.25, 0.3) is 89.7 Å². The van der Waals surface area contributed by atoms with E-state index in [1.807, 2.05) is 128 Å². The molecule has 18 nitrogen and oxygen atoms in total. The molecule has 7 aromatic rings. The van der Waals surface area contributed by atoms with Gasteiger partial charge in [0.2, 0.25) is 0 Å². The van der Waals surface area contributed by atoms with Crippen molar-refractivity contribution < 1.29 is 47.4 Å². The Morgan fingerprint density at radius 1 is 0.365 bits per heavy atom. The fraction of sp³-hybridized carbons (Fsp3) is 0.429. The molecule has 18 heteroatoms. The van der Waals surface area contributed by atoms with E-state index in [1.54, 1.807) is 0 Å². The molecule has 10 atom stereocenters. The maximum absolute atomic E-state index is 6.90. The topological polar surface area (TPSA) is 201 Å². The van der Waals surface area contributed by atoms with E-state index in [1.165, 1.54) is 0 Å². The number of aromatic amines is 2. The van der Waals surface area contributed by atoms with Crippen LogP contribution in [-0.2, 0) is 60.2 Å². The number of fused-ring (bicyclic) bond motifs is 26. The van der Waals surface area contributed by atoms with Crippen LogP contribution in [0.3, 0.4) is 0 Å². The van der Waals surface area contributed by atoms with Gasteiger partial charge in [-0.05, 0) is 66.5 Å². The van der Waals surface area contributed by atoms with Crippen LogP contribution in [0.15, 0.2) is 84.9 Å². The molecule has 8 aliphatic heterocycles. The number of H-pyrrole nitrogens is 2. The number of nitrogens with zero attached hydrogens (tertiary/aromatic N) is 6. The summed E-state index contributed by atoms with van der Waals surface area (Å²) in [6, 6.07) is 28.3. The third-order valence-corrected chi connectivity index (χ3v) is 15.2. The molecule has 378 valence electrons. The predicted molar refractivity (Wildman–Crippen MR) is 269 cm³/mol. The average Bonchev–Trinajstić information content (AvgIpc) is 4.24. The van der Waals surface area contributed by atoms with E-state index >= 15 is 0 Å². The minimum Gasteiger partial charge on any atom is -0.343 e. The molecule has 8 bridgehead atoms. The van der Waals surface area contributed by atoms with Crippen molar-refractivity contribution in [3.05, 3.63) is 96.1 Å². The highest BCUT2D eigenvalue weighted by atomic mass is 16.9. The van der Waals surface area contributed by atoms with Crippen LogP contribution in [0, 0.1) is 0 Å². The molecule has 74 heavy (non-hydrogen) atoms. The Labute approximate surface area is 424 Å². The summed E-state index contributed by atoms with van der Waals surface area (Å²) in [6.07, 6.45) is -4.55. The van der Waals surface area contributed by atoms with E-state index in [4.69, 9.17) is 77.3 Å². The number of benzene rings is 4. The van der Waals surface area contributed by atoms with Gasteiger partial charge in [0.1, 0.15) is 59.2 Å². The monoisotopic (exact) mass is 998 g/mol. The lowest BCUT2D eigenvalue weighted by atomic mass is 9.89. The van der Waals surface area contributed by atoms with Crippen LogP contribution in [0.5, 0.6) is 0 Å². The Kier molecular flexibility index (Phi) is 9.60. The predicted octanol–water partition coefficient (Wildman–Crippen LogP) is 8.75. The SMILES string of the molecule is CC1(C)O[C@H]2[C@@H](O1)[C@@H](Cc1ccc(C[C@H]3O[C@@H]4OC(C)(C)O[C@@H]4[C@H]4OC(C)(C)O[C@H]43)c3c4nc5nc(nc6[nH]c(nc7nc(nc([nH]4)c13)-c1ccccc1-7)c1ccccc61)-c1ccccc1-5)O[C@@H]1OC(C)(C)O[C@@H]12. The molecule has 2 N–H and O–H groups in total. The van der Waals surface area contributed by atoms with Crippen molar-refractivity contribution in [3.63, 3.8) is 0 Å². The molecule has 3 aromatic heterocycles. The first-order chi connectivity index (χ1) is 35.5. The Hall–Kier alpha value is -6.16. The normalized spacial score (nSPS) is 30.4. The number of ether oxygens (including phenoxy) is 10. The summed E-state index contributed by atoms with van der Waals surface area (Å²) in [5, 5.41) is 3.40. The second-order valence-electron chi connectivity index (χ2n) is 22.2. The van der Waals surface area contributed by atoms with E-state index in [0.29, 0.717) is 58.7 Å². The van der Waals surface area contributed by atoms with E-state index in [2.05, 4.69) is 22.1 Å². The molecular formula is C56H54N8O10. The fourth-order valence-electron chi connectivity index (χ4n) is 12.4. The first kappa shape index (κ1) is 45.3. The Morgan fingerprint density at radius 2 is 0.689 bits per heavy atom. The van der Waals surface area contributed by atoms with Gasteiger partial charge in [-0.25, -0.2) is 29.9 Å². The number of rotatable bonds is 4. The van der Waals surface area contributed by atoms with Gasteiger partial charge in [0.25, 0.3) is 0 Å². The van der Waals surface area contributed by atoms with Crippen molar-refractivity contribution in [1.82, 2.24) is 39.9 Å². The second kappa shape index (κ2) is 15.7. The van der Waals surface area contributed by atoms with Crippen LogP contribution >= 0.6 is 0 Å². The van der Waals surface area contributed by atoms with Gasteiger partial charge >= 0.3 is 0 Å². The third-order valence-electron chi connectivity index (χ3n) is 15.2. The summed E-state index contributed by atoms with van der Waals surface area (Å²) >= 11 is 0. The van der Waals surface area contributed by atoms with Gasteiger partial charge < -0.3 is 57.3 Å². The van der Waals surface area contributed by atoms with Crippen molar-refractivity contribution in [2.24, 2.45) is 0 Å². The minimum absolute atomic E-state index is 0.377. The van der Waals surface area contributed by atoms with Crippen LogP contribution in [0.1, 0.15) is 66.5 Å². The largest absolute Gasteiger partial charge is 0.343 e. The molecule has 11 heterocycles. The molecule has 8 aliphatic rings. The lowest BCUT2D eigenvalue weighted by Gasteiger charge is -2.38. The molecule has 0 amide bonds. The van der Waals surface area contributed by atoms with E-state index < -0.39 is 84.6 Å². The molecule has 4 aromatic carbocycles. The van der Waals surface area contributed by atoms with Gasteiger partial charge in [0.15, 0.2) is 59.0 Å². The van der Waals surface area contributed by atoms with Crippen molar-refractivity contribution in [2.75, 3.05) is 0 Å². The lowest BCUT2D eigenvalue weighted by Crippen LogP contribution is -2.55. The zero-order valence-corrected chi connectivity index (χ0v) is 42.0. The number of hydrogen-bond acceptors (Lipinski definition) is 16. The molecule has 6 saturated heterocycles. The first-order valence-corrected chi connectivity index (χ1v) is 25.5. The molecule has 0 spiro atoms. The average molecular weight is 999 g/mol. The highest BCUT2D eigenvalue weighted by Gasteiger charge is 2.62. The van der Waals surface area contributed by atoms with Gasteiger partial charge in [0, 0.05) is 56.6 Å². The van der Waals surface area contributed by atoms with Gasteiger partial charge in [-0.2, -0.15) is 0 Å². The smallest absolute Gasteiger partial charge is 0.190 e. The summed E-state index contributed by atoms with van der Waals surface area (Å²) in [6.45, 7) is 15.2. The summed E-state index contributed by atoms with van der Waals surface area (Å²) in [5.74, 6) is -1.60. The van der Waals surface area contributed by atoms with Crippen LogP contribution in [-0.4, -0.2) is 124 Å². The minimum atomic E-state index is -0.897. The third kappa shape index (κ3) is 7.22. The van der Waals surface area contributed by atoms with Crippen LogP contribution in [0.2, 0.25) is 0 Å². The van der Waals surface area contributed by atoms with E-state index in [-0.39, 0.29) is 0 Å². The molecular weight excluding hydrogens is 945 g/mol. The van der Waals surface area contributed by atoms with Gasteiger partial charge in [0.05, 0.1) is 12.2 Å². The zero-order chi connectivity index (χ0) is 50.2. The summed E-state index contributed by atoms with van der Waals surface area (Å²) in [7, 11) is 0. The quantitative estimate of drug-likeness (QED) is 0.169. The molecule has 6 fully saturated rings. The van der Waals surface area contributed by atoms with Crippen molar-refractivity contribution in [2.45, 2.75) is 153 Å². The Balaban J connectivity index is 0.992. The molecule has 0 radical (unpaired) electrons. The molecule has 0 saturated carbocycles. The first-order valence-electron chi connectivity index (χ1n) is 25.5. The zero-order valence-electron chi connectivity index (χ0n) is 42.0. The van der Waals surface area contributed by atoms with Gasteiger partial charge in [-0.1, -0.05) is 84.9 Å². The van der Waals surface area contributed by atoms with Crippen molar-refractivity contribution in [3.8, 4) is 45.6 Å². The number of aromatic nitrogens is 8. The summed E-state index contributed by atoms with van der Waals surface area (Å²) in [4.78, 5) is 39.1. The van der Waals surface area contributed by atoms with E-state index in [9.17, 15) is 0 Å². The van der Waals surface area contributed by atoms with Crippen LogP contribution in [0.4, 0.5) is 0 Å². The second-order valence-corrected chi connectivity index (χ2v) is 22.2. The van der Waals surface area contributed by atoms with Gasteiger partial charge in [-0.3, -0.25) is 0 Å². The fourth-order valence-corrected chi connectivity index (χ4v) is 12.4. The van der Waals surface area contributed by atoms with Crippen molar-refractivity contribution in [1.29, 1.82) is 0 Å². The summed E-state index contributed by atoms with van der Waals surface area (Å²) < 4.78 is 66.0. The molecule has 0 aliphatic carbocycles. The van der Waals surface area contributed by atoms with Crippen molar-refractivity contribution >= 4 is 44.1 Å². The summed E-state index contributed by atoms with van der Waals surface area (Å²) in [5.41, 5.74) is 7.44. The van der Waals surface area contributed by atoms with Crippen LogP contribution < -0.4 is 0 Å². The van der Waals surface area contributed by atoms with Gasteiger partial charge in [-0.15, -0.1) is 0 Å². The van der Waals surface area contributed by atoms with E-state index in [0.717, 1.165) is 54.9 Å². The maximum Gasteiger partial charge on any atom is 0.190 e. The Bertz CT molecular complexity index is 3450.